The number of hydrogen-bond donors (Lipinski definition) is 2. The van der Waals surface area contributed by atoms with Gasteiger partial charge in [0.15, 0.2) is 0 Å². The van der Waals surface area contributed by atoms with Crippen LogP contribution in [0.15, 0.2) is 24.3 Å². The van der Waals surface area contributed by atoms with Crippen LogP contribution in [0.1, 0.15) is 37.0 Å². The fourth-order valence-corrected chi connectivity index (χ4v) is 1.23. The van der Waals surface area contributed by atoms with E-state index in [0.717, 1.165) is 30.9 Å². The van der Waals surface area contributed by atoms with E-state index in [9.17, 15) is 14.9 Å². The Labute approximate surface area is 111 Å². The van der Waals surface area contributed by atoms with Crippen LogP contribution in [0.2, 0.25) is 0 Å². The zero-order valence-corrected chi connectivity index (χ0v) is 11.1. The second-order valence-electron chi connectivity index (χ2n) is 4.37. The molecule has 2 N–H and O–H groups in total. The van der Waals surface area contributed by atoms with E-state index < -0.39 is 10.9 Å². The maximum atomic E-state index is 10.3. The van der Waals surface area contributed by atoms with Crippen LogP contribution in [0.25, 0.3) is 0 Å². The summed E-state index contributed by atoms with van der Waals surface area (Å²) in [5, 5.41) is 26.9. The van der Waals surface area contributed by atoms with Crippen molar-refractivity contribution in [2.45, 2.75) is 26.7 Å². The minimum absolute atomic E-state index is 0.0422. The van der Waals surface area contributed by atoms with Crippen LogP contribution in [0.4, 0.5) is 5.69 Å². The van der Waals surface area contributed by atoms with E-state index in [4.69, 9.17) is 10.2 Å². The van der Waals surface area contributed by atoms with Crippen molar-refractivity contribution in [3.05, 3.63) is 39.9 Å². The number of nitrogens with zero attached hydrogens (tertiary/aromatic N) is 1. The van der Waals surface area contributed by atoms with Crippen molar-refractivity contribution in [3.63, 3.8) is 0 Å². The molecule has 0 aliphatic heterocycles. The number of rotatable bonds is 5. The van der Waals surface area contributed by atoms with Crippen LogP contribution in [0.3, 0.4) is 0 Å². The average molecular weight is 269 g/mol. The lowest BCUT2D eigenvalue weighted by atomic mass is 10.1. The predicted octanol–water partition coefficient (Wildman–Crippen LogP) is 2.71. The summed E-state index contributed by atoms with van der Waals surface area (Å²) in [6.45, 7) is 4.67. The van der Waals surface area contributed by atoms with Gasteiger partial charge in [0.2, 0.25) is 0 Å². The van der Waals surface area contributed by atoms with Crippen molar-refractivity contribution in [1.82, 2.24) is 0 Å². The Hall–Kier alpha value is -1.95. The molecule has 0 heterocycles. The Morgan fingerprint density at radius 1 is 1.32 bits per heavy atom. The van der Waals surface area contributed by atoms with Crippen molar-refractivity contribution >= 4 is 11.7 Å². The van der Waals surface area contributed by atoms with E-state index in [2.05, 4.69) is 13.8 Å². The number of aliphatic hydroxyl groups excluding tert-OH is 1. The fraction of sp³-hybridized carbons (Fsp3) is 0.462. The summed E-state index contributed by atoms with van der Waals surface area (Å²) in [5.74, 6) is -0.350. The number of nitro benzene ring substituents is 1. The van der Waals surface area contributed by atoms with Gasteiger partial charge in [0.05, 0.1) is 10.5 Å². The summed E-state index contributed by atoms with van der Waals surface area (Å²) in [5.41, 5.74) is -0.0689. The molecule has 0 atom stereocenters. The van der Waals surface area contributed by atoms with Crippen LogP contribution < -0.4 is 0 Å². The zero-order chi connectivity index (χ0) is 14.8. The monoisotopic (exact) mass is 269 g/mol. The first-order valence-corrected chi connectivity index (χ1v) is 5.97. The molecular formula is C13H19NO5. The molecule has 0 amide bonds. The lowest BCUT2D eigenvalue weighted by Gasteiger charge is -1.98. The maximum Gasteiger partial charge on any atom is 0.335 e. The normalized spacial score (nSPS) is 9.68. The van der Waals surface area contributed by atoms with Crippen molar-refractivity contribution in [2.75, 3.05) is 6.61 Å². The third-order valence-corrected chi connectivity index (χ3v) is 2.26. The zero-order valence-electron chi connectivity index (χ0n) is 11.1. The molecular weight excluding hydrogens is 250 g/mol. The summed E-state index contributed by atoms with van der Waals surface area (Å²) >= 11 is 0. The second kappa shape index (κ2) is 9.04. The van der Waals surface area contributed by atoms with E-state index in [1.165, 1.54) is 12.1 Å². The van der Waals surface area contributed by atoms with Gasteiger partial charge >= 0.3 is 5.97 Å². The fourth-order valence-electron chi connectivity index (χ4n) is 1.23. The van der Waals surface area contributed by atoms with Crippen molar-refractivity contribution in [3.8, 4) is 0 Å². The molecule has 0 saturated heterocycles. The Balaban J connectivity index is 0.000000399. The molecule has 0 aromatic heterocycles. The lowest BCUT2D eigenvalue weighted by Crippen LogP contribution is -1.96. The topological polar surface area (TPSA) is 101 Å². The first-order chi connectivity index (χ1) is 8.88. The number of carboxylic acids is 1. The molecule has 0 aliphatic rings. The van der Waals surface area contributed by atoms with Gasteiger partial charge in [0.1, 0.15) is 0 Å². The Morgan fingerprint density at radius 2 is 1.84 bits per heavy atom. The average Bonchev–Trinajstić information content (AvgIpc) is 2.37. The molecule has 6 nitrogen and oxygen atoms in total. The molecule has 1 aromatic rings. The van der Waals surface area contributed by atoms with Crippen LogP contribution in [0, 0.1) is 16.0 Å². The van der Waals surface area contributed by atoms with Crippen LogP contribution >= 0.6 is 0 Å². The number of aliphatic hydroxyl groups is 1. The summed E-state index contributed by atoms with van der Waals surface area (Å²) in [6.07, 6.45) is 2.11. The number of carboxylic acid groups (broad SMARTS) is 1. The molecule has 0 bridgehead atoms. The van der Waals surface area contributed by atoms with Gasteiger partial charge in [0, 0.05) is 18.7 Å². The molecule has 0 radical (unpaired) electrons. The van der Waals surface area contributed by atoms with Gasteiger partial charge in [-0.15, -0.1) is 0 Å². The molecule has 0 spiro atoms. The summed E-state index contributed by atoms with van der Waals surface area (Å²) < 4.78 is 0. The van der Waals surface area contributed by atoms with Crippen molar-refractivity contribution < 1.29 is 19.9 Å². The number of non-ortho nitro benzene ring substituents is 1. The lowest BCUT2D eigenvalue weighted by molar-refractivity contribution is -0.384. The Kier molecular flexibility index (Phi) is 8.12. The largest absolute Gasteiger partial charge is 0.478 e. The first-order valence-electron chi connectivity index (χ1n) is 5.97. The van der Waals surface area contributed by atoms with Gasteiger partial charge in [-0.25, -0.2) is 4.79 Å². The molecule has 0 fully saturated rings. The standard InChI is InChI=1S/C7H5NO4.C6H14O/c9-7(10)5-1-3-6(4-2-5)8(11)12;1-6(2)4-3-5-7/h1-4H,(H,9,10);6-7H,3-5H2,1-2H3. The van der Waals surface area contributed by atoms with E-state index in [1.807, 2.05) is 0 Å². The van der Waals surface area contributed by atoms with Gasteiger partial charge in [-0.1, -0.05) is 13.8 Å². The summed E-state index contributed by atoms with van der Waals surface area (Å²) in [4.78, 5) is 19.9. The van der Waals surface area contributed by atoms with Crippen LogP contribution in [-0.2, 0) is 0 Å². The highest BCUT2D eigenvalue weighted by atomic mass is 16.6. The Bertz CT molecular complexity index is 367. The molecule has 6 heteroatoms. The van der Waals surface area contributed by atoms with Gasteiger partial charge in [0.25, 0.3) is 5.69 Å². The predicted molar refractivity (Wildman–Crippen MR) is 71.2 cm³/mol. The third kappa shape index (κ3) is 7.88. The number of nitro groups is 1. The molecule has 0 aliphatic carbocycles. The van der Waals surface area contributed by atoms with Crippen molar-refractivity contribution in [1.29, 1.82) is 0 Å². The number of benzene rings is 1. The molecule has 19 heavy (non-hydrogen) atoms. The highest BCUT2D eigenvalue weighted by molar-refractivity contribution is 5.87. The molecule has 0 unspecified atom stereocenters. The maximum absolute atomic E-state index is 10.3. The minimum Gasteiger partial charge on any atom is -0.478 e. The van der Waals surface area contributed by atoms with Gasteiger partial charge < -0.3 is 10.2 Å². The van der Waals surface area contributed by atoms with E-state index in [1.54, 1.807) is 0 Å². The molecule has 1 aromatic carbocycles. The van der Waals surface area contributed by atoms with Crippen LogP contribution in [0.5, 0.6) is 0 Å². The van der Waals surface area contributed by atoms with E-state index in [-0.39, 0.29) is 11.3 Å². The van der Waals surface area contributed by atoms with E-state index in [0.29, 0.717) is 6.61 Å². The molecule has 0 saturated carbocycles. The Morgan fingerprint density at radius 3 is 2.11 bits per heavy atom. The minimum atomic E-state index is -1.09. The van der Waals surface area contributed by atoms with Gasteiger partial charge in [-0.05, 0) is 30.9 Å². The van der Waals surface area contributed by atoms with Crippen LogP contribution in [-0.4, -0.2) is 27.7 Å². The molecule has 1 rings (SSSR count). The number of hydrogen-bond acceptors (Lipinski definition) is 4. The SMILES string of the molecule is CC(C)CCCO.O=C(O)c1ccc([N+](=O)[O-])cc1. The smallest absolute Gasteiger partial charge is 0.335 e. The summed E-state index contributed by atoms with van der Waals surface area (Å²) in [7, 11) is 0. The van der Waals surface area contributed by atoms with Crippen molar-refractivity contribution in [2.24, 2.45) is 5.92 Å². The highest BCUT2D eigenvalue weighted by Gasteiger charge is 2.06. The highest BCUT2D eigenvalue weighted by Crippen LogP contribution is 2.11. The first kappa shape index (κ1) is 17.1. The third-order valence-electron chi connectivity index (χ3n) is 2.26. The molecule has 106 valence electrons. The quantitative estimate of drug-likeness (QED) is 0.632. The second-order valence-corrected chi connectivity index (χ2v) is 4.37. The van der Waals surface area contributed by atoms with Gasteiger partial charge in [-0.2, -0.15) is 0 Å². The number of aromatic carboxylic acids is 1. The summed E-state index contributed by atoms with van der Waals surface area (Å²) in [6, 6.07) is 4.70. The van der Waals surface area contributed by atoms with Gasteiger partial charge in [-0.3, -0.25) is 10.1 Å². The van der Waals surface area contributed by atoms with E-state index >= 15 is 0 Å². The number of carbonyl (C=O) groups is 1.